The van der Waals surface area contributed by atoms with Crippen molar-refractivity contribution >= 4 is 41.3 Å². The predicted octanol–water partition coefficient (Wildman–Crippen LogP) is 7.54. The van der Waals surface area contributed by atoms with Crippen LogP contribution in [0, 0.1) is 0 Å². The fraction of sp³-hybridized carbons (Fsp3) is 0.371. The number of benzene rings is 3. The molecule has 0 radical (unpaired) electrons. The lowest BCUT2D eigenvalue weighted by Gasteiger charge is -2.44. The summed E-state index contributed by atoms with van der Waals surface area (Å²) in [5.41, 5.74) is 3.60. The Morgan fingerprint density at radius 1 is 0.977 bits per heavy atom. The van der Waals surface area contributed by atoms with Crippen LogP contribution in [0.3, 0.4) is 0 Å². The Balaban J connectivity index is 1.22. The Morgan fingerprint density at radius 3 is 2.51 bits per heavy atom. The van der Waals surface area contributed by atoms with Crippen molar-refractivity contribution in [2.24, 2.45) is 0 Å². The SMILES string of the molecule is CCOc1ccc(CCNC(=O)c2ccc(/C=C3/SC4CCCCC4N(Cc4cccc(Cl)c4)C3=O)cc2)cc1OCC. The van der Waals surface area contributed by atoms with Gasteiger partial charge in [-0.3, -0.25) is 9.59 Å². The molecule has 5 rings (SSSR count). The molecule has 226 valence electrons. The minimum absolute atomic E-state index is 0.0664. The van der Waals surface area contributed by atoms with Gasteiger partial charge in [-0.2, -0.15) is 0 Å². The minimum Gasteiger partial charge on any atom is -0.490 e. The Hall–Kier alpha value is -3.42. The molecular formula is C35H39ClN2O4S. The van der Waals surface area contributed by atoms with Gasteiger partial charge in [-0.15, -0.1) is 11.8 Å². The molecule has 0 aromatic heterocycles. The van der Waals surface area contributed by atoms with Crippen molar-refractivity contribution in [1.82, 2.24) is 10.2 Å². The van der Waals surface area contributed by atoms with Gasteiger partial charge in [0.05, 0.1) is 18.1 Å². The Kier molecular flexibility index (Phi) is 10.7. The maximum Gasteiger partial charge on any atom is 0.260 e. The molecule has 1 N–H and O–H groups in total. The molecule has 2 atom stereocenters. The molecule has 3 aromatic rings. The van der Waals surface area contributed by atoms with Gasteiger partial charge in [-0.25, -0.2) is 0 Å². The van der Waals surface area contributed by atoms with Crippen molar-refractivity contribution in [3.63, 3.8) is 0 Å². The number of halogens is 1. The van der Waals surface area contributed by atoms with E-state index in [2.05, 4.69) is 5.32 Å². The van der Waals surface area contributed by atoms with Crippen LogP contribution < -0.4 is 14.8 Å². The zero-order valence-corrected chi connectivity index (χ0v) is 26.4. The van der Waals surface area contributed by atoms with E-state index in [4.69, 9.17) is 21.1 Å². The number of amides is 2. The van der Waals surface area contributed by atoms with E-state index in [9.17, 15) is 9.59 Å². The highest BCUT2D eigenvalue weighted by atomic mass is 35.5. The summed E-state index contributed by atoms with van der Waals surface area (Å²) >= 11 is 7.95. The smallest absolute Gasteiger partial charge is 0.260 e. The van der Waals surface area contributed by atoms with E-state index >= 15 is 0 Å². The second-order valence-corrected chi connectivity index (χ2v) is 12.6. The van der Waals surface area contributed by atoms with Gasteiger partial charge in [0, 0.05) is 35.0 Å². The monoisotopic (exact) mass is 618 g/mol. The maximum atomic E-state index is 13.7. The number of carbonyl (C=O) groups excluding carboxylic acids is 2. The van der Waals surface area contributed by atoms with Crippen LogP contribution in [0.5, 0.6) is 11.5 Å². The summed E-state index contributed by atoms with van der Waals surface area (Å²) in [7, 11) is 0. The quantitative estimate of drug-likeness (QED) is 0.225. The Bertz CT molecular complexity index is 1460. The molecule has 1 aliphatic carbocycles. The van der Waals surface area contributed by atoms with Crippen LogP contribution in [0.4, 0.5) is 0 Å². The van der Waals surface area contributed by atoms with Crippen LogP contribution in [0.15, 0.2) is 71.6 Å². The van der Waals surface area contributed by atoms with Crippen LogP contribution in [0.25, 0.3) is 6.08 Å². The number of hydrogen-bond donors (Lipinski definition) is 1. The molecular weight excluding hydrogens is 580 g/mol. The van der Waals surface area contributed by atoms with Gasteiger partial charge in [0.25, 0.3) is 11.8 Å². The summed E-state index contributed by atoms with van der Waals surface area (Å²) in [4.78, 5) is 29.4. The number of thioether (sulfide) groups is 1. The van der Waals surface area contributed by atoms with Gasteiger partial charge in [0.2, 0.25) is 0 Å². The molecule has 0 bridgehead atoms. The molecule has 2 unspecified atom stereocenters. The van der Waals surface area contributed by atoms with Crippen LogP contribution >= 0.6 is 23.4 Å². The summed E-state index contributed by atoms with van der Waals surface area (Å²) in [6.07, 6.45) is 7.12. The molecule has 1 saturated carbocycles. The third-order valence-corrected chi connectivity index (χ3v) is 9.47. The fourth-order valence-corrected chi connectivity index (χ4v) is 7.44. The summed E-state index contributed by atoms with van der Waals surface area (Å²) in [5, 5.41) is 4.08. The third-order valence-electron chi connectivity index (χ3n) is 7.84. The highest BCUT2D eigenvalue weighted by Gasteiger charge is 2.40. The molecule has 8 heteroatoms. The maximum absolute atomic E-state index is 13.7. The normalized spacial score (nSPS) is 19.2. The van der Waals surface area contributed by atoms with E-state index in [-0.39, 0.29) is 17.9 Å². The molecule has 2 aliphatic rings. The highest BCUT2D eigenvalue weighted by molar-refractivity contribution is 8.04. The van der Waals surface area contributed by atoms with Crippen molar-refractivity contribution < 1.29 is 19.1 Å². The van der Waals surface area contributed by atoms with Gasteiger partial charge < -0.3 is 19.7 Å². The number of rotatable bonds is 11. The van der Waals surface area contributed by atoms with Crippen LogP contribution in [-0.4, -0.2) is 47.8 Å². The molecule has 3 aromatic carbocycles. The first kappa shape index (κ1) is 31.0. The van der Waals surface area contributed by atoms with Crippen LogP contribution in [0.1, 0.15) is 66.6 Å². The van der Waals surface area contributed by atoms with Crippen molar-refractivity contribution in [3.05, 3.63) is 98.9 Å². The number of ether oxygens (including phenoxy) is 2. The van der Waals surface area contributed by atoms with Crippen LogP contribution in [0.2, 0.25) is 5.02 Å². The first-order chi connectivity index (χ1) is 20.9. The Morgan fingerprint density at radius 2 is 1.74 bits per heavy atom. The van der Waals surface area contributed by atoms with Crippen molar-refractivity contribution in [2.45, 2.75) is 63.8 Å². The summed E-state index contributed by atoms with van der Waals surface area (Å²) in [6.45, 7) is 6.08. The predicted molar refractivity (Wildman–Crippen MR) is 175 cm³/mol. The van der Waals surface area contributed by atoms with Gasteiger partial charge >= 0.3 is 0 Å². The molecule has 1 aliphatic heterocycles. The molecule has 1 heterocycles. The third kappa shape index (κ3) is 7.95. The first-order valence-corrected chi connectivity index (χ1v) is 16.4. The van der Waals surface area contributed by atoms with Crippen LogP contribution in [-0.2, 0) is 17.8 Å². The number of hydrogen-bond acceptors (Lipinski definition) is 5. The molecule has 6 nitrogen and oxygen atoms in total. The van der Waals surface area contributed by atoms with Crippen molar-refractivity contribution in [2.75, 3.05) is 19.8 Å². The average molecular weight is 619 g/mol. The fourth-order valence-electron chi connectivity index (χ4n) is 5.75. The lowest BCUT2D eigenvalue weighted by atomic mass is 9.92. The zero-order chi connectivity index (χ0) is 30.2. The zero-order valence-electron chi connectivity index (χ0n) is 24.8. The summed E-state index contributed by atoms with van der Waals surface area (Å²) < 4.78 is 11.4. The second-order valence-electron chi connectivity index (χ2n) is 10.9. The van der Waals surface area contributed by atoms with E-state index in [0.717, 1.165) is 52.4 Å². The highest BCUT2D eigenvalue weighted by Crippen LogP contribution is 2.43. The van der Waals surface area contributed by atoms with Gasteiger partial charge in [-0.05, 0) is 92.3 Å². The largest absolute Gasteiger partial charge is 0.490 e. The van der Waals surface area contributed by atoms with Gasteiger partial charge in [0.1, 0.15) is 0 Å². The number of nitrogens with one attached hydrogen (secondary N) is 1. The van der Waals surface area contributed by atoms with E-state index in [1.54, 1.807) is 11.8 Å². The summed E-state index contributed by atoms with van der Waals surface area (Å²) in [6, 6.07) is 21.3. The number of carbonyl (C=O) groups is 2. The van der Waals surface area contributed by atoms with E-state index in [1.165, 1.54) is 6.42 Å². The van der Waals surface area contributed by atoms with E-state index in [0.29, 0.717) is 48.6 Å². The lowest BCUT2D eigenvalue weighted by Crippen LogP contribution is -2.50. The van der Waals surface area contributed by atoms with Gasteiger partial charge in [-0.1, -0.05) is 54.8 Å². The lowest BCUT2D eigenvalue weighted by molar-refractivity contribution is -0.130. The average Bonchev–Trinajstić information content (AvgIpc) is 3.01. The van der Waals surface area contributed by atoms with Crippen molar-refractivity contribution in [1.29, 1.82) is 0 Å². The van der Waals surface area contributed by atoms with E-state index in [1.807, 2.05) is 91.6 Å². The molecule has 2 fully saturated rings. The number of nitrogens with zero attached hydrogens (tertiary/aromatic N) is 1. The van der Waals surface area contributed by atoms with Gasteiger partial charge in [0.15, 0.2) is 11.5 Å². The first-order valence-electron chi connectivity index (χ1n) is 15.2. The second kappa shape index (κ2) is 14.8. The van der Waals surface area contributed by atoms with Crippen molar-refractivity contribution in [3.8, 4) is 11.5 Å². The molecule has 0 spiro atoms. The molecule has 43 heavy (non-hydrogen) atoms. The molecule has 1 saturated heterocycles. The topological polar surface area (TPSA) is 67.9 Å². The Labute approximate surface area is 263 Å². The summed E-state index contributed by atoms with van der Waals surface area (Å²) in [5.74, 6) is 1.39. The standard InChI is InChI=1S/C35H39ClN2O4S/c1-3-41-30-17-14-25(21-31(30)42-4-2)18-19-37-34(39)27-15-12-24(13-16-27)22-33-35(40)38(23-26-8-7-9-28(36)20-26)29-10-5-6-11-32(29)43-33/h7-9,12-17,20-22,29,32H,3-6,10-11,18-19,23H2,1-2H3,(H,37,39)/b33-22+. The molecule has 2 amide bonds. The van der Waals surface area contributed by atoms with E-state index < -0.39 is 0 Å². The number of fused-ring (bicyclic) bond motifs is 1. The minimum atomic E-state index is -0.129.